The molecule has 1 saturated heterocycles. The molecule has 3 rings (SSSR count). The Kier molecular flexibility index (Phi) is 7.11. The molecule has 2 aromatic rings. The Morgan fingerprint density at radius 1 is 1.03 bits per heavy atom. The van der Waals surface area contributed by atoms with Crippen molar-refractivity contribution < 1.29 is 14.3 Å². The number of piperazine rings is 1. The second-order valence-corrected chi connectivity index (χ2v) is 8.10. The van der Waals surface area contributed by atoms with Crippen molar-refractivity contribution in [2.75, 3.05) is 45.2 Å². The molecule has 0 bridgehead atoms. The van der Waals surface area contributed by atoms with E-state index in [1.165, 1.54) is 5.56 Å². The van der Waals surface area contributed by atoms with Gasteiger partial charge in [-0.15, -0.1) is 0 Å². The SMILES string of the molecule is COc1ccc(C)cc1NC(=O)CN1CCN(C(=O)c2ccc(C(C)C)cc2)CC1. The van der Waals surface area contributed by atoms with Gasteiger partial charge >= 0.3 is 0 Å². The molecule has 30 heavy (non-hydrogen) atoms. The lowest BCUT2D eigenvalue weighted by Gasteiger charge is -2.34. The molecule has 6 heteroatoms. The number of hydrogen-bond donors (Lipinski definition) is 1. The van der Waals surface area contributed by atoms with Gasteiger partial charge in [0, 0.05) is 31.7 Å². The van der Waals surface area contributed by atoms with E-state index in [4.69, 9.17) is 4.74 Å². The highest BCUT2D eigenvalue weighted by molar-refractivity contribution is 5.95. The summed E-state index contributed by atoms with van der Waals surface area (Å²) < 4.78 is 5.32. The maximum Gasteiger partial charge on any atom is 0.253 e. The van der Waals surface area contributed by atoms with Crippen molar-refractivity contribution in [1.82, 2.24) is 9.80 Å². The Bertz CT molecular complexity index is 885. The number of benzene rings is 2. The molecule has 0 unspecified atom stereocenters. The Morgan fingerprint density at radius 3 is 2.30 bits per heavy atom. The maximum absolute atomic E-state index is 12.8. The van der Waals surface area contributed by atoms with Crippen molar-refractivity contribution in [3.05, 3.63) is 59.2 Å². The van der Waals surface area contributed by atoms with Gasteiger partial charge in [0.1, 0.15) is 5.75 Å². The number of carbonyl (C=O) groups excluding carboxylic acids is 2. The molecule has 2 aromatic carbocycles. The zero-order chi connectivity index (χ0) is 21.7. The lowest BCUT2D eigenvalue weighted by Crippen LogP contribution is -2.50. The van der Waals surface area contributed by atoms with Gasteiger partial charge in [-0.2, -0.15) is 0 Å². The number of methoxy groups -OCH3 is 1. The predicted molar refractivity (Wildman–Crippen MR) is 119 cm³/mol. The first-order chi connectivity index (χ1) is 14.4. The summed E-state index contributed by atoms with van der Waals surface area (Å²) in [5, 5.41) is 2.94. The third-order valence-electron chi connectivity index (χ3n) is 5.48. The van der Waals surface area contributed by atoms with Gasteiger partial charge in [-0.1, -0.05) is 32.0 Å². The van der Waals surface area contributed by atoms with Gasteiger partial charge in [0.05, 0.1) is 19.3 Å². The number of carbonyl (C=O) groups is 2. The Labute approximate surface area is 178 Å². The molecule has 1 N–H and O–H groups in total. The van der Waals surface area contributed by atoms with Crippen LogP contribution in [0.2, 0.25) is 0 Å². The molecule has 0 aromatic heterocycles. The van der Waals surface area contributed by atoms with E-state index in [1.54, 1.807) is 7.11 Å². The molecule has 6 nitrogen and oxygen atoms in total. The number of anilines is 1. The third-order valence-corrected chi connectivity index (χ3v) is 5.48. The van der Waals surface area contributed by atoms with Crippen LogP contribution in [-0.2, 0) is 4.79 Å². The van der Waals surface area contributed by atoms with Gasteiger partial charge in [-0.05, 0) is 48.2 Å². The van der Waals surface area contributed by atoms with Crippen LogP contribution in [0.1, 0.15) is 41.3 Å². The molecule has 160 valence electrons. The fraction of sp³-hybridized carbons (Fsp3) is 0.417. The normalized spacial score (nSPS) is 14.6. The standard InChI is InChI=1S/C24H31N3O3/c1-17(2)19-6-8-20(9-7-19)24(29)27-13-11-26(12-14-27)16-23(28)25-21-15-18(3)5-10-22(21)30-4/h5-10,15,17H,11-14,16H2,1-4H3,(H,25,28). The molecule has 2 amide bonds. The molecule has 1 aliphatic rings. The number of aryl methyl sites for hydroxylation is 1. The Balaban J connectivity index is 1.51. The second-order valence-electron chi connectivity index (χ2n) is 8.10. The van der Waals surface area contributed by atoms with Crippen molar-refractivity contribution >= 4 is 17.5 Å². The summed E-state index contributed by atoms with van der Waals surface area (Å²) in [7, 11) is 1.59. The van der Waals surface area contributed by atoms with Gasteiger partial charge in [0.15, 0.2) is 0 Å². The smallest absolute Gasteiger partial charge is 0.253 e. The van der Waals surface area contributed by atoms with Crippen molar-refractivity contribution in [1.29, 1.82) is 0 Å². The second kappa shape index (κ2) is 9.76. The van der Waals surface area contributed by atoms with Crippen molar-refractivity contribution in [2.24, 2.45) is 0 Å². The Morgan fingerprint density at radius 2 is 1.70 bits per heavy atom. The zero-order valence-corrected chi connectivity index (χ0v) is 18.3. The average Bonchev–Trinajstić information content (AvgIpc) is 2.74. The highest BCUT2D eigenvalue weighted by Crippen LogP contribution is 2.25. The number of hydrogen-bond acceptors (Lipinski definition) is 4. The molecule has 0 aliphatic carbocycles. The van der Waals surface area contributed by atoms with E-state index in [-0.39, 0.29) is 11.8 Å². The molecule has 1 heterocycles. The summed E-state index contributed by atoms with van der Waals surface area (Å²) in [6, 6.07) is 13.6. The van der Waals surface area contributed by atoms with Crippen molar-refractivity contribution in [3.8, 4) is 5.75 Å². The van der Waals surface area contributed by atoms with E-state index in [1.807, 2.05) is 54.3 Å². The van der Waals surface area contributed by atoms with Gasteiger partial charge in [-0.25, -0.2) is 0 Å². The van der Waals surface area contributed by atoms with Crippen molar-refractivity contribution in [2.45, 2.75) is 26.7 Å². The molecule has 1 aliphatic heterocycles. The lowest BCUT2D eigenvalue weighted by molar-refractivity contribution is -0.117. The molecule has 0 atom stereocenters. The summed E-state index contributed by atoms with van der Waals surface area (Å²) in [6.07, 6.45) is 0. The minimum absolute atomic E-state index is 0.0545. The maximum atomic E-state index is 12.8. The van der Waals surface area contributed by atoms with E-state index in [0.29, 0.717) is 50.1 Å². The van der Waals surface area contributed by atoms with E-state index >= 15 is 0 Å². The average molecular weight is 410 g/mol. The minimum atomic E-state index is -0.0806. The zero-order valence-electron chi connectivity index (χ0n) is 18.3. The van der Waals surface area contributed by atoms with Gasteiger partial charge < -0.3 is 15.0 Å². The molecule has 0 radical (unpaired) electrons. The molecular weight excluding hydrogens is 378 g/mol. The van der Waals surface area contributed by atoms with Crippen LogP contribution in [0.25, 0.3) is 0 Å². The van der Waals surface area contributed by atoms with Gasteiger partial charge in [-0.3, -0.25) is 14.5 Å². The van der Waals surface area contributed by atoms with Crippen LogP contribution >= 0.6 is 0 Å². The minimum Gasteiger partial charge on any atom is -0.495 e. The summed E-state index contributed by atoms with van der Waals surface area (Å²) in [6.45, 7) is 9.13. The van der Waals surface area contributed by atoms with Crippen LogP contribution in [0.15, 0.2) is 42.5 Å². The summed E-state index contributed by atoms with van der Waals surface area (Å²) in [4.78, 5) is 29.2. The first kappa shape index (κ1) is 21.8. The van der Waals surface area contributed by atoms with Crippen LogP contribution < -0.4 is 10.1 Å². The van der Waals surface area contributed by atoms with Crippen LogP contribution in [0, 0.1) is 6.92 Å². The quantitative estimate of drug-likeness (QED) is 0.793. The molecule has 1 fully saturated rings. The fourth-order valence-corrected chi connectivity index (χ4v) is 3.61. The largest absolute Gasteiger partial charge is 0.495 e. The molecular formula is C24H31N3O3. The van der Waals surface area contributed by atoms with Crippen LogP contribution in [0.3, 0.4) is 0 Å². The van der Waals surface area contributed by atoms with E-state index in [2.05, 4.69) is 24.1 Å². The first-order valence-corrected chi connectivity index (χ1v) is 10.4. The Hall–Kier alpha value is -2.86. The lowest BCUT2D eigenvalue weighted by atomic mass is 10.0. The van der Waals surface area contributed by atoms with E-state index < -0.39 is 0 Å². The predicted octanol–water partition coefficient (Wildman–Crippen LogP) is 3.52. The van der Waals surface area contributed by atoms with Crippen LogP contribution in [0.4, 0.5) is 5.69 Å². The number of nitrogens with zero attached hydrogens (tertiary/aromatic N) is 2. The number of nitrogens with one attached hydrogen (secondary N) is 1. The highest BCUT2D eigenvalue weighted by Gasteiger charge is 2.23. The van der Waals surface area contributed by atoms with Crippen molar-refractivity contribution in [3.63, 3.8) is 0 Å². The highest BCUT2D eigenvalue weighted by atomic mass is 16.5. The summed E-state index contributed by atoms with van der Waals surface area (Å²) in [5.74, 6) is 1.07. The monoisotopic (exact) mass is 409 g/mol. The van der Waals surface area contributed by atoms with Crippen LogP contribution in [-0.4, -0.2) is 61.4 Å². The van der Waals surface area contributed by atoms with E-state index in [9.17, 15) is 9.59 Å². The van der Waals surface area contributed by atoms with Crippen LogP contribution in [0.5, 0.6) is 5.75 Å². The van der Waals surface area contributed by atoms with Gasteiger partial charge in [0.2, 0.25) is 5.91 Å². The summed E-state index contributed by atoms with van der Waals surface area (Å²) >= 11 is 0. The molecule has 0 spiro atoms. The topological polar surface area (TPSA) is 61.9 Å². The number of ether oxygens (including phenoxy) is 1. The first-order valence-electron chi connectivity index (χ1n) is 10.4. The third kappa shape index (κ3) is 5.39. The van der Waals surface area contributed by atoms with Gasteiger partial charge in [0.25, 0.3) is 5.91 Å². The number of amides is 2. The fourth-order valence-electron chi connectivity index (χ4n) is 3.61. The van der Waals surface area contributed by atoms with E-state index in [0.717, 1.165) is 11.1 Å². The summed E-state index contributed by atoms with van der Waals surface area (Å²) in [5.41, 5.74) is 3.69. The number of rotatable bonds is 6. The molecule has 0 saturated carbocycles.